The van der Waals surface area contributed by atoms with E-state index in [1.165, 1.54) is 32.4 Å². The van der Waals surface area contributed by atoms with Crippen molar-refractivity contribution in [2.24, 2.45) is 5.16 Å². The molecule has 0 fully saturated rings. The SMILES string of the molecule is COC(=O)c1ccc2c(c1)N(C)S(=O)(=O)C/C2=N/O. The normalized spacial score (nSPS) is 19.1. The number of ether oxygens (including phenoxy) is 1. The summed E-state index contributed by atoms with van der Waals surface area (Å²) < 4.78 is 29.4. The second kappa shape index (κ2) is 4.54. The van der Waals surface area contributed by atoms with E-state index >= 15 is 0 Å². The Hall–Kier alpha value is -2.09. The predicted molar refractivity (Wildman–Crippen MR) is 68.3 cm³/mol. The zero-order valence-corrected chi connectivity index (χ0v) is 11.1. The molecule has 1 N–H and O–H groups in total. The highest BCUT2D eigenvalue weighted by molar-refractivity contribution is 7.93. The van der Waals surface area contributed by atoms with Gasteiger partial charge in [-0.15, -0.1) is 0 Å². The topological polar surface area (TPSA) is 96.3 Å². The van der Waals surface area contributed by atoms with E-state index in [4.69, 9.17) is 5.21 Å². The number of methoxy groups -OCH3 is 1. The summed E-state index contributed by atoms with van der Waals surface area (Å²) in [6, 6.07) is 4.41. The van der Waals surface area contributed by atoms with Crippen molar-refractivity contribution in [1.29, 1.82) is 0 Å². The molecule has 0 aromatic heterocycles. The lowest BCUT2D eigenvalue weighted by Gasteiger charge is -2.27. The van der Waals surface area contributed by atoms with Crippen LogP contribution in [0.3, 0.4) is 0 Å². The first-order valence-electron chi connectivity index (χ1n) is 5.31. The maximum atomic E-state index is 11.9. The Balaban J connectivity index is 2.65. The van der Waals surface area contributed by atoms with E-state index in [1.54, 1.807) is 0 Å². The number of nitrogens with zero attached hydrogens (tertiary/aromatic N) is 2. The number of carbonyl (C=O) groups is 1. The molecule has 102 valence electrons. The van der Waals surface area contributed by atoms with Crippen LogP contribution in [0.4, 0.5) is 5.69 Å². The van der Waals surface area contributed by atoms with Crippen molar-refractivity contribution in [2.75, 3.05) is 24.2 Å². The number of hydrogen-bond acceptors (Lipinski definition) is 6. The van der Waals surface area contributed by atoms with Gasteiger partial charge in [-0.3, -0.25) is 4.31 Å². The number of fused-ring (bicyclic) bond motifs is 1. The van der Waals surface area contributed by atoms with E-state index in [-0.39, 0.29) is 22.7 Å². The summed E-state index contributed by atoms with van der Waals surface area (Å²) in [6.07, 6.45) is 0. The van der Waals surface area contributed by atoms with E-state index in [9.17, 15) is 13.2 Å². The van der Waals surface area contributed by atoms with Gasteiger partial charge in [0.1, 0.15) is 11.5 Å². The molecule has 1 aliphatic heterocycles. The van der Waals surface area contributed by atoms with Gasteiger partial charge in [0.25, 0.3) is 0 Å². The van der Waals surface area contributed by atoms with Crippen LogP contribution < -0.4 is 4.31 Å². The minimum atomic E-state index is -3.59. The van der Waals surface area contributed by atoms with Gasteiger partial charge in [0, 0.05) is 12.6 Å². The van der Waals surface area contributed by atoms with E-state index in [1.807, 2.05) is 0 Å². The van der Waals surface area contributed by atoms with Gasteiger partial charge in [0.05, 0.1) is 18.4 Å². The first kappa shape index (κ1) is 13.3. The number of carbonyl (C=O) groups excluding carboxylic acids is 1. The summed E-state index contributed by atoms with van der Waals surface area (Å²) in [4.78, 5) is 11.4. The standard InChI is InChI=1S/C11H12N2O5S/c1-13-10-5-7(11(14)18-2)3-4-8(10)9(12-15)6-19(13,16)17/h3-5,15H,6H2,1-2H3/b12-9-. The van der Waals surface area contributed by atoms with Crippen LogP contribution in [0.25, 0.3) is 0 Å². The van der Waals surface area contributed by atoms with Crippen LogP contribution in [0.2, 0.25) is 0 Å². The first-order chi connectivity index (χ1) is 8.90. The highest BCUT2D eigenvalue weighted by Crippen LogP contribution is 2.29. The number of anilines is 1. The number of hydrogen-bond donors (Lipinski definition) is 1. The fourth-order valence-corrected chi connectivity index (χ4v) is 3.06. The summed E-state index contributed by atoms with van der Waals surface area (Å²) in [5.41, 5.74) is 1.02. The Labute approximate surface area is 110 Å². The van der Waals surface area contributed by atoms with Crippen molar-refractivity contribution in [3.63, 3.8) is 0 Å². The lowest BCUT2D eigenvalue weighted by Crippen LogP contribution is -2.38. The summed E-state index contributed by atoms with van der Waals surface area (Å²) >= 11 is 0. The first-order valence-corrected chi connectivity index (χ1v) is 6.92. The molecule has 19 heavy (non-hydrogen) atoms. The van der Waals surface area contributed by atoms with E-state index in [2.05, 4.69) is 9.89 Å². The molecule has 7 nitrogen and oxygen atoms in total. The molecule has 0 aliphatic carbocycles. The van der Waals surface area contributed by atoms with Gasteiger partial charge in [-0.25, -0.2) is 13.2 Å². The van der Waals surface area contributed by atoms with Gasteiger partial charge in [0.15, 0.2) is 0 Å². The molecule has 0 saturated carbocycles. The van der Waals surface area contributed by atoms with Crippen LogP contribution in [-0.4, -0.2) is 45.2 Å². The zero-order valence-electron chi connectivity index (χ0n) is 10.3. The van der Waals surface area contributed by atoms with Crippen LogP contribution in [0.15, 0.2) is 23.4 Å². The minimum absolute atomic E-state index is 0.0458. The quantitative estimate of drug-likeness (QED) is 0.458. The van der Waals surface area contributed by atoms with E-state index in [0.29, 0.717) is 5.56 Å². The van der Waals surface area contributed by atoms with Crippen molar-refractivity contribution >= 4 is 27.4 Å². The Morgan fingerprint density at radius 1 is 1.47 bits per heavy atom. The molecule has 0 amide bonds. The second-order valence-corrected chi connectivity index (χ2v) is 5.99. The predicted octanol–water partition coefficient (Wildman–Crippen LogP) is 0.431. The molecule has 2 rings (SSSR count). The second-order valence-electron chi connectivity index (χ2n) is 3.99. The third-order valence-corrected chi connectivity index (χ3v) is 4.60. The molecule has 0 radical (unpaired) electrons. The average molecular weight is 284 g/mol. The fourth-order valence-electron chi connectivity index (χ4n) is 1.86. The third kappa shape index (κ3) is 2.14. The largest absolute Gasteiger partial charge is 0.465 e. The number of sulfonamides is 1. The highest BCUT2D eigenvalue weighted by atomic mass is 32.2. The molecule has 1 heterocycles. The molecule has 1 aliphatic rings. The summed E-state index contributed by atoms with van der Waals surface area (Å²) in [5, 5.41) is 11.9. The fraction of sp³-hybridized carbons (Fsp3) is 0.273. The van der Waals surface area contributed by atoms with Crippen LogP contribution in [-0.2, 0) is 14.8 Å². The smallest absolute Gasteiger partial charge is 0.337 e. The molecule has 0 saturated heterocycles. The minimum Gasteiger partial charge on any atom is -0.465 e. The van der Waals surface area contributed by atoms with Gasteiger partial charge < -0.3 is 9.94 Å². The number of oxime groups is 1. The highest BCUT2D eigenvalue weighted by Gasteiger charge is 2.32. The zero-order chi connectivity index (χ0) is 14.2. The van der Waals surface area contributed by atoms with Crippen molar-refractivity contribution in [2.45, 2.75) is 0 Å². The summed E-state index contributed by atoms with van der Waals surface area (Å²) in [6.45, 7) is 0. The van der Waals surface area contributed by atoms with E-state index < -0.39 is 16.0 Å². The maximum Gasteiger partial charge on any atom is 0.337 e. The molecule has 0 atom stereocenters. The monoisotopic (exact) mass is 284 g/mol. The van der Waals surface area contributed by atoms with Crippen molar-refractivity contribution in [1.82, 2.24) is 0 Å². The molecule has 1 aromatic rings. The van der Waals surface area contributed by atoms with E-state index in [0.717, 1.165) is 4.31 Å². The van der Waals surface area contributed by atoms with Crippen LogP contribution in [0.1, 0.15) is 15.9 Å². The Kier molecular flexibility index (Phi) is 3.19. The van der Waals surface area contributed by atoms with Gasteiger partial charge in [-0.2, -0.15) is 0 Å². The summed E-state index contributed by atoms with van der Waals surface area (Å²) in [7, 11) is -0.978. The average Bonchev–Trinajstić information content (AvgIpc) is 2.41. The van der Waals surface area contributed by atoms with Gasteiger partial charge in [-0.1, -0.05) is 11.2 Å². The molecule has 1 aromatic carbocycles. The molecule has 0 unspecified atom stereocenters. The molecular formula is C11H12N2O5S. The molecular weight excluding hydrogens is 272 g/mol. The van der Waals surface area contributed by atoms with Crippen LogP contribution in [0, 0.1) is 0 Å². The number of benzene rings is 1. The van der Waals surface area contributed by atoms with Gasteiger partial charge in [0.2, 0.25) is 10.0 Å². The lowest BCUT2D eigenvalue weighted by molar-refractivity contribution is 0.0600. The van der Waals surface area contributed by atoms with Gasteiger partial charge >= 0.3 is 5.97 Å². The lowest BCUT2D eigenvalue weighted by atomic mass is 10.1. The van der Waals surface area contributed by atoms with Crippen LogP contribution in [0.5, 0.6) is 0 Å². The Morgan fingerprint density at radius 3 is 2.74 bits per heavy atom. The maximum absolute atomic E-state index is 11.9. The van der Waals surface area contributed by atoms with Crippen molar-refractivity contribution in [3.05, 3.63) is 29.3 Å². The van der Waals surface area contributed by atoms with Crippen molar-refractivity contribution in [3.8, 4) is 0 Å². The van der Waals surface area contributed by atoms with Gasteiger partial charge in [-0.05, 0) is 12.1 Å². The Morgan fingerprint density at radius 2 is 2.16 bits per heavy atom. The number of rotatable bonds is 1. The molecule has 0 bridgehead atoms. The van der Waals surface area contributed by atoms with Crippen molar-refractivity contribution < 1.29 is 23.2 Å². The molecule has 8 heteroatoms. The number of esters is 1. The third-order valence-electron chi connectivity index (χ3n) is 2.93. The van der Waals surface area contributed by atoms with Crippen LogP contribution >= 0.6 is 0 Å². The Bertz CT molecular complexity index is 666. The summed E-state index contributed by atoms with van der Waals surface area (Å²) in [5.74, 6) is -0.952. The molecule has 0 spiro atoms.